The lowest BCUT2D eigenvalue weighted by Crippen LogP contribution is -2.45. The van der Waals surface area contributed by atoms with Gasteiger partial charge in [-0.05, 0) is 45.7 Å². The first kappa shape index (κ1) is 15.9. The predicted octanol–water partition coefficient (Wildman–Crippen LogP) is 1.36. The number of carboxylic acid groups (broad SMARTS) is 1. The van der Waals surface area contributed by atoms with Crippen LogP contribution in [0.3, 0.4) is 0 Å². The normalized spacial score (nSPS) is 11.2. The number of aliphatic carboxylic acids is 1. The summed E-state index contributed by atoms with van der Waals surface area (Å²) in [5.41, 5.74) is 0.221. The van der Waals surface area contributed by atoms with Crippen LogP contribution < -0.4 is 10.9 Å². The number of aromatic nitrogens is 1. The molecule has 1 aromatic rings. The van der Waals surface area contributed by atoms with Crippen molar-refractivity contribution in [1.29, 1.82) is 0 Å². The zero-order chi connectivity index (χ0) is 15.5. The molecular weight excluding hydrogens is 260 g/mol. The van der Waals surface area contributed by atoms with Gasteiger partial charge in [0.15, 0.2) is 0 Å². The Balaban J connectivity index is 2.92. The van der Waals surface area contributed by atoms with Gasteiger partial charge in [-0.15, -0.1) is 0 Å². The van der Waals surface area contributed by atoms with Gasteiger partial charge in [-0.25, -0.2) is 0 Å². The summed E-state index contributed by atoms with van der Waals surface area (Å²) in [6, 6.07) is 1.72. The van der Waals surface area contributed by atoms with E-state index >= 15 is 0 Å². The van der Waals surface area contributed by atoms with E-state index in [-0.39, 0.29) is 18.4 Å². The molecule has 0 bridgehead atoms. The van der Waals surface area contributed by atoms with Gasteiger partial charge in [-0.1, -0.05) is 0 Å². The number of amides is 1. The molecule has 0 radical (unpaired) electrons. The molecule has 0 saturated carbocycles. The van der Waals surface area contributed by atoms with Crippen LogP contribution in [0.5, 0.6) is 0 Å². The van der Waals surface area contributed by atoms with E-state index in [1.54, 1.807) is 33.8 Å². The molecule has 0 aliphatic carbocycles. The molecule has 0 unspecified atom stereocenters. The molecule has 1 amide bonds. The van der Waals surface area contributed by atoms with E-state index in [0.717, 1.165) is 0 Å². The predicted molar refractivity (Wildman–Crippen MR) is 75.0 cm³/mol. The zero-order valence-electron chi connectivity index (χ0n) is 12.2. The van der Waals surface area contributed by atoms with Crippen molar-refractivity contribution in [3.63, 3.8) is 0 Å². The number of hydrogen-bond acceptors (Lipinski definition) is 3. The first-order valence-corrected chi connectivity index (χ1v) is 6.37. The molecule has 6 nitrogen and oxygen atoms in total. The summed E-state index contributed by atoms with van der Waals surface area (Å²) in [6.45, 7) is 6.89. The topological polar surface area (TPSA) is 99.3 Å². The monoisotopic (exact) mass is 280 g/mol. The van der Waals surface area contributed by atoms with E-state index < -0.39 is 23.0 Å². The van der Waals surface area contributed by atoms with E-state index in [1.165, 1.54) is 0 Å². The van der Waals surface area contributed by atoms with Crippen molar-refractivity contribution in [2.24, 2.45) is 0 Å². The first-order valence-electron chi connectivity index (χ1n) is 6.37. The quantitative estimate of drug-likeness (QED) is 0.758. The largest absolute Gasteiger partial charge is 0.481 e. The maximum atomic E-state index is 12.2. The van der Waals surface area contributed by atoms with Gasteiger partial charge in [0, 0.05) is 17.7 Å². The molecule has 0 saturated heterocycles. The number of nitrogens with one attached hydrogen (secondary N) is 2. The van der Waals surface area contributed by atoms with Crippen LogP contribution in [0, 0.1) is 13.8 Å². The number of carbonyl (C=O) groups excluding carboxylic acids is 1. The van der Waals surface area contributed by atoms with E-state index in [4.69, 9.17) is 5.11 Å². The third-order valence-corrected chi connectivity index (χ3v) is 3.01. The van der Waals surface area contributed by atoms with Crippen LogP contribution in [0.2, 0.25) is 0 Å². The third-order valence-electron chi connectivity index (χ3n) is 3.01. The van der Waals surface area contributed by atoms with Crippen molar-refractivity contribution in [3.05, 3.63) is 33.2 Å². The summed E-state index contributed by atoms with van der Waals surface area (Å²) in [7, 11) is 0. The standard InChI is InChI=1S/C14H20N2O4/c1-8-7-9(2)15-12(19)11(8)13(20)16-14(3,4)6-5-10(17)18/h7H,5-6H2,1-4H3,(H,15,19)(H,16,20)(H,17,18). The second-order valence-corrected chi connectivity index (χ2v) is 5.57. The fourth-order valence-corrected chi connectivity index (χ4v) is 1.99. The fourth-order valence-electron chi connectivity index (χ4n) is 1.99. The van der Waals surface area contributed by atoms with E-state index in [1.807, 2.05) is 0 Å². The van der Waals surface area contributed by atoms with Crippen molar-refractivity contribution in [1.82, 2.24) is 10.3 Å². The van der Waals surface area contributed by atoms with Gasteiger partial charge in [-0.3, -0.25) is 14.4 Å². The summed E-state index contributed by atoms with van der Waals surface area (Å²) >= 11 is 0. The second-order valence-electron chi connectivity index (χ2n) is 5.57. The van der Waals surface area contributed by atoms with Gasteiger partial charge in [0.1, 0.15) is 5.56 Å². The van der Waals surface area contributed by atoms with Gasteiger partial charge >= 0.3 is 5.97 Å². The van der Waals surface area contributed by atoms with Crippen molar-refractivity contribution < 1.29 is 14.7 Å². The van der Waals surface area contributed by atoms with Gasteiger partial charge in [-0.2, -0.15) is 0 Å². The van der Waals surface area contributed by atoms with Crippen molar-refractivity contribution in [2.45, 2.75) is 46.1 Å². The van der Waals surface area contributed by atoms with E-state index in [2.05, 4.69) is 10.3 Å². The molecule has 1 rings (SSSR count). The Morgan fingerprint density at radius 2 is 1.95 bits per heavy atom. The number of pyridine rings is 1. The summed E-state index contributed by atoms with van der Waals surface area (Å²) in [4.78, 5) is 37.2. The average molecular weight is 280 g/mol. The number of rotatable bonds is 5. The summed E-state index contributed by atoms with van der Waals surface area (Å²) in [5, 5.41) is 11.4. The highest BCUT2D eigenvalue weighted by atomic mass is 16.4. The molecule has 1 aromatic heterocycles. The van der Waals surface area contributed by atoms with Gasteiger partial charge in [0.25, 0.3) is 11.5 Å². The van der Waals surface area contributed by atoms with E-state index in [0.29, 0.717) is 11.3 Å². The van der Waals surface area contributed by atoms with Crippen molar-refractivity contribution in [3.8, 4) is 0 Å². The highest BCUT2D eigenvalue weighted by Crippen LogP contribution is 2.13. The van der Waals surface area contributed by atoms with Crippen molar-refractivity contribution >= 4 is 11.9 Å². The average Bonchev–Trinajstić information content (AvgIpc) is 2.24. The molecule has 0 aliphatic rings. The highest BCUT2D eigenvalue weighted by Gasteiger charge is 2.24. The van der Waals surface area contributed by atoms with Crippen LogP contribution in [-0.2, 0) is 4.79 Å². The Hall–Kier alpha value is -2.11. The molecule has 0 aromatic carbocycles. The fraction of sp³-hybridized carbons (Fsp3) is 0.500. The summed E-state index contributed by atoms with van der Waals surface area (Å²) < 4.78 is 0. The molecule has 20 heavy (non-hydrogen) atoms. The van der Waals surface area contributed by atoms with Crippen LogP contribution in [-0.4, -0.2) is 27.5 Å². The Kier molecular flexibility index (Phi) is 4.70. The Morgan fingerprint density at radius 3 is 2.45 bits per heavy atom. The minimum atomic E-state index is -0.920. The lowest BCUT2D eigenvalue weighted by molar-refractivity contribution is -0.137. The number of H-pyrrole nitrogens is 1. The molecule has 0 fully saturated rings. The van der Waals surface area contributed by atoms with Gasteiger partial charge in [0.2, 0.25) is 0 Å². The van der Waals surface area contributed by atoms with Crippen LogP contribution >= 0.6 is 0 Å². The smallest absolute Gasteiger partial charge is 0.303 e. The Bertz CT molecular complexity index is 587. The maximum Gasteiger partial charge on any atom is 0.303 e. The van der Waals surface area contributed by atoms with Gasteiger partial charge in [0.05, 0.1) is 0 Å². The van der Waals surface area contributed by atoms with Crippen LogP contribution in [0.4, 0.5) is 0 Å². The SMILES string of the molecule is Cc1cc(C)c(C(=O)NC(C)(C)CCC(=O)O)c(=O)[nH]1. The third kappa shape index (κ3) is 4.22. The highest BCUT2D eigenvalue weighted by molar-refractivity contribution is 5.95. The molecule has 0 aliphatic heterocycles. The number of aryl methyl sites for hydroxylation is 2. The van der Waals surface area contributed by atoms with Crippen molar-refractivity contribution in [2.75, 3.05) is 0 Å². The molecule has 3 N–H and O–H groups in total. The second kappa shape index (κ2) is 5.90. The zero-order valence-corrected chi connectivity index (χ0v) is 12.2. The number of aromatic amines is 1. The molecule has 0 atom stereocenters. The molecule has 6 heteroatoms. The van der Waals surface area contributed by atoms with Gasteiger partial charge < -0.3 is 15.4 Å². The lowest BCUT2D eigenvalue weighted by atomic mass is 9.97. The molecule has 1 heterocycles. The minimum Gasteiger partial charge on any atom is -0.481 e. The Morgan fingerprint density at radius 1 is 1.35 bits per heavy atom. The number of carboxylic acids is 1. The molecule has 110 valence electrons. The molecular formula is C14H20N2O4. The Labute approximate surface area is 117 Å². The summed E-state index contributed by atoms with van der Waals surface area (Å²) in [5.74, 6) is -1.41. The van der Waals surface area contributed by atoms with Crippen LogP contribution in [0.1, 0.15) is 48.3 Å². The summed E-state index contributed by atoms with van der Waals surface area (Å²) in [6.07, 6.45) is 0.243. The van der Waals surface area contributed by atoms with Crippen LogP contribution in [0.15, 0.2) is 10.9 Å². The van der Waals surface area contributed by atoms with Crippen LogP contribution in [0.25, 0.3) is 0 Å². The molecule has 0 spiro atoms. The minimum absolute atomic E-state index is 0.0451. The number of carbonyl (C=O) groups is 2. The lowest BCUT2D eigenvalue weighted by Gasteiger charge is -2.25. The number of hydrogen-bond donors (Lipinski definition) is 3. The maximum absolute atomic E-state index is 12.2. The first-order chi connectivity index (χ1) is 9.12. The van der Waals surface area contributed by atoms with E-state index in [9.17, 15) is 14.4 Å².